The number of hydrogen-bond acceptors (Lipinski definition) is 3. The van der Waals surface area contributed by atoms with Crippen LogP contribution in [-0.4, -0.2) is 22.2 Å². The number of fused-ring (bicyclic) bond motifs is 2. The minimum absolute atomic E-state index is 0.0957. The molecule has 1 aromatic rings. The van der Waals surface area contributed by atoms with E-state index in [1.807, 2.05) is 18.2 Å². The Kier molecular flexibility index (Phi) is 2.34. The van der Waals surface area contributed by atoms with Crippen LogP contribution in [0.25, 0.3) is 0 Å². The lowest BCUT2D eigenvalue weighted by Crippen LogP contribution is -2.57. The standard InChI is InChI=1S/C13H11Br2NO2/c14-7-4-5-9-8(6-7)12-13(15)10(17-9)2-1-3-11(13)18-16-12/h4-6,10-11H,1-3H2. The van der Waals surface area contributed by atoms with Crippen molar-refractivity contribution < 1.29 is 9.57 Å². The first-order valence-electron chi connectivity index (χ1n) is 6.09. The molecule has 3 nitrogen and oxygen atoms in total. The summed E-state index contributed by atoms with van der Waals surface area (Å²) in [6.07, 6.45) is 3.41. The maximum absolute atomic E-state index is 6.15. The lowest BCUT2D eigenvalue weighted by molar-refractivity contribution is 0.00885. The van der Waals surface area contributed by atoms with Gasteiger partial charge in [-0.3, -0.25) is 0 Å². The van der Waals surface area contributed by atoms with Gasteiger partial charge in [-0.1, -0.05) is 37.0 Å². The van der Waals surface area contributed by atoms with E-state index in [2.05, 4.69) is 37.0 Å². The van der Waals surface area contributed by atoms with Gasteiger partial charge in [-0.15, -0.1) is 0 Å². The Labute approximate surface area is 122 Å². The predicted molar refractivity (Wildman–Crippen MR) is 75.5 cm³/mol. The third kappa shape index (κ3) is 1.32. The molecule has 94 valence electrons. The number of benzene rings is 1. The molecule has 3 atom stereocenters. The zero-order valence-corrected chi connectivity index (χ0v) is 12.7. The van der Waals surface area contributed by atoms with Crippen molar-refractivity contribution in [2.24, 2.45) is 5.16 Å². The molecule has 0 amide bonds. The van der Waals surface area contributed by atoms with Gasteiger partial charge in [-0.05, 0) is 37.5 Å². The molecule has 0 aromatic heterocycles. The van der Waals surface area contributed by atoms with E-state index >= 15 is 0 Å². The van der Waals surface area contributed by atoms with Gasteiger partial charge in [0.2, 0.25) is 0 Å². The van der Waals surface area contributed by atoms with Gasteiger partial charge in [-0.25, -0.2) is 0 Å². The third-order valence-corrected chi connectivity index (χ3v) is 5.86. The maximum Gasteiger partial charge on any atom is 0.152 e. The lowest BCUT2D eigenvalue weighted by atomic mass is 9.77. The summed E-state index contributed by atoms with van der Waals surface area (Å²) in [7, 11) is 0. The van der Waals surface area contributed by atoms with Crippen LogP contribution in [0.3, 0.4) is 0 Å². The first kappa shape index (κ1) is 11.3. The van der Waals surface area contributed by atoms with E-state index in [0.717, 1.165) is 40.8 Å². The third-order valence-electron chi connectivity index (χ3n) is 3.97. The molecule has 0 bridgehead atoms. The van der Waals surface area contributed by atoms with Crippen LogP contribution in [0.4, 0.5) is 0 Å². The Balaban J connectivity index is 1.92. The smallest absolute Gasteiger partial charge is 0.152 e. The summed E-state index contributed by atoms with van der Waals surface area (Å²) in [6.45, 7) is 0. The second kappa shape index (κ2) is 3.73. The molecule has 2 aliphatic heterocycles. The first-order chi connectivity index (χ1) is 8.69. The topological polar surface area (TPSA) is 30.8 Å². The summed E-state index contributed by atoms with van der Waals surface area (Å²) in [5.74, 6) is 0.906. The van der Waals surface area contributed by atoms with Gasteiger partial charge in [0.25, 0.3) is 0 Å². The highest BCUT2D eigenvalue weighted by Crippen LogP contribution is 2.50. The fraction of sp³-hybridized carbons (Fsp3) is 0.462. The second-order valence-corrected chi connectivity index (χ2v) is 7.21. The van der Waals surface area contributed by atoms with E-state index in [9.17, 15) is 0 Å². The lowest BCUT2D eigenvalue weighted by Gasteiger charge is -2.43. The predicted octanol–water partition coefficient (Wildman–Crippen LogP) is 3.63. The Morgan fingerprint density at radius 2 is 2.11 bits per heavy atom. The van der Waals surface area contributed by atoms with Crippen LogP contribution in [0.2, 0.25) is 0 Å². The normalized spacial score (nSPS) is 36.0. The fourth-order valence-corrected chi connectivity index (χ4v) is 4.36. The van der Waals surface area contributed by atoms with Crippen LogP contribution in [0.1, 0.15) is 24.8 Å². The number of halogens is 2. The molecule has 3 unspecified atom stereocenters. The SMILES string of the molecule is Brc1ccc2c(c1)C1=NOC3CCCC(O2)C13Br. The molecule has 0 radical (unpaired) electrons. The van der Waals surface area contributed by atoms with E-state index in [4.69, 9.17) is 9.57 Å². The summed E-state index contributed by atoms with van der Waals surface area (Å²) in [4.78, 5) is 5.62. The highest BCUT2D eigenvalue weighted by atomic mass is 79.9. The molecule has 1 aliphatic carbocycles. The zero-order chi connectivity index (χ0) is 12.3. The van der Waals surface area contributed by atoms with E-state index in [1.54, 1.807) is 0 Å². The number of rotatable bonds is 0. The molecule has 18 heavy (non-hydrogen) atoms. The molecular formula is C13H11Br2NO2. The van der Waals surface area contributed by atoms with E-state index in [-0.39, 0.29) is 16.5 Å². The first-order valence-corrected chi connectivity index (χ1v) is 7.68. The van der Waals surface area contributed by atoms with E-state index in [0.29, 0.717) is 0 Å². The highest BCUT2D eigenvalue weighted by molar-refractivity contribution is 9.10. The number of ether oxygens (including phenoxy) is 1. The fourth-order valence-electron chi connectivity index (χ4n) is 3.08. The van der Waals surface area contributed by atoms with Crippen LogP contribution < -0.4 is 4.74 Å². The quantitative estimate of drug-likeness (QED) is 0.651. The van der Waals surface area contributed by atoms with Crippen LogP contribution in [0, 0.1) is 0 Å². The van der Waals surface area contributed by atoms with Crippen LogP contribution in [-0.2, 0) is 4.84 Å². The molecule has 0 N–H and O–H groups in total. The summed E-state index contributed by atoms with van der Waals surface area (Å²) in [5, 5.41) is 4.32. The molecule has 1 aromatic carbocycles. The maximum atomic E-state index is 6.15. The number of nitrogens with zero attached hydrogens (tertiary/aromatic N) is 1. The Hall–Kier alpha value is -0.550. The van der Waals surface area contributed by atoms with Crippen molar-refractivity contribution in [3.63, 3.8) is 0 Å². The summed E-state index contributed by atoms with van der Waals surface area (Å²) in [5.41, 5.74) is 2.02. The molecule has 0 spiro atoms. The van der Waals surface area contributed by atoms with Crippen molar-refractivity contribution in [1.82, 2.24) is 0 Å². The van der Waals surface area contributed by atoms with Crippen molar-refractivity contribution in [2.75, 3.05) is 0 Å². The molecule has 5 heteroatoms. The minimum atomic E-state index is -0.265. The van der Waals surface area contributed by atoms with Gasteiger partial charge in [0.1, 0.15) is 21.9 Å². The largest absolute Gasteiger partial charge is 0.488 e. The van der Waals surface area contributed by atoms with Gasteiger partial charge < -0.3 is 9.57 Å². The van der Waals surface area contributed by atoms with Crippen molar-refractivity contribution in [3.8, 4) is 5.75 Å². The molecule has 0 saturated heterocycles. The molecule has 2 heterocycles. The second-order valence-electron chi connectivity index (χ2n) is 4.98. The van der Waals surface area contributed by atoms with Gasteiger partial charge in [0.05, 0.1) is 0 Å². The van der Waals surface area contributed by atoms with Gasteiger partial charge in [0, 0.05) is 10.0 Å². The summed E-state index contributed by atoms with van der Waals surface area (Å²) in [6, 6.07) is 6.04. The van der Waals surface area contributed by atoms with Gasteiger partial charge in [0.15, 0.2) is 6.10 Å². The van der Waals surface area contributed by atoms with Crippen molar-refractivity contribution >= 4 is 37.6 Å². The molecule has 4 rings (SSSR count). The average Bonchev–Trinajstić information content (AvgIpc) is 2.69. The summed E-state index contributed by atoms with van der Waals surface area (Å²) < 4.78 is 6.91. The van der Waals surface area contributed by atoms with E-state index < -0.39 is 0 Å². The molecule has 3 aliphatic rings. The average molecular weight is 373 g/mol. The number of oxime groups is 1. The summed E-state index contributed by atoms with van der Waals surface area (Å²) >= 11 is 7.36. The zero-order valence-electron chi connectivity index (χ0n) is 9.53. The van der Waals surface area contributed by atoms with Crippen LogP contribution in [0.5, 0.6) is 5.75 Å². The van der Waals surface area contributed by atoms with E-state index in [1.165, 1.54) is 0 Å². The number of alkyl halides is 1. The number of hydrogen-bond donors (Lipinski definition) is 0. The monoisotopic (exact) mass is 371 g/mol. The van der Waals surface area contributed by atoms with Gasteiger partial charge in [-0.2, -0.15) is 0 Å². The molecule has 1 saturated carbocycles. The Bertz CT molecular complexity index is 560. The minimum Gasteiger partial charge on any atom is -0.488 e. The van der Waals surface area contributed by atoms with Crippen molar-refractivity contribution in [2.45, 2.75) is 35.8 Å². The Morgan fingerprint density at radius 3 is 3.00 bits per heavy atom. The highest BCUT2D eigenvalue weighted by Gasteiger charge is 2.59. The molecular weight excluding hydrogens is 362 g/mol. The van der Waals surface area contributed by atoms with Gasteiger partial charge >= 0.3 is 0 Å². The van der Waals surface area contributed by atoms with Crippen LogP contribution >= 0.6 is 31.9 Å². The van der Waals surface area contributed by atoms with Crippen LogP contribution in [0.15, 0.2) is 27.8 Å². The van der Waals surface area contributed by atoms with Crippen molar-refractivity contribution in [1.29, 1.82) is 0 Å². The molecule has 1 fully saturated rings. The Morgan fingerprint density at radius 1 is 1.28 bits per heavy atom. The van der Waals surface area contributed by atoms with Crippen molar-refractivity contribution in [3.05, 3.63) is 28.2 Å².